The second-order valence-electron chi connectivity index (χ2n) is 8.18. The summed E-state index contributed by atoms with van der Waals surface area (Å²) >= 11 is 0. The van der Waals surface area contributed by atoms with Crippen molar-refractivity contribution in [3.05, 3.63) is 29.8 Å². The Morgan fingerprint density at radius 3 is 2.56 bits per heavy atom. The van der Waals surface area contributed by atoms with Crippen LogP contribution in [0.5, 0.6) is 0 Å². The zero-order valence-electron chi connectivity index (χ0n) is 15.4. The fourth-order valence-corrected chi connectivity index (χ4v) is 4.44. The number of para-hydroxylation sites is 1. The Labute approximate surface area is 149 Å². The van der Waals surface area contributed by atoms with E-state index in [1.165, 1.54) is 0 Å². The maximum atomic E-state index is 13.3. The topological polar surface area (TPSA) is 43.9 Å². The molecule has 1 aliphatic carbocycles. The van der Waals surface area contributed by atoms with E-state index in [-0.39, 0.29) is 17.7 Å². The van der Waals surface area contributed by atoms with Crippen LogP contribution < -0.4 is 4.90 Å². The third-order valence-electron chi connectivity index (χ3n) is 5.92. The molecule has 1 saturated carbocycles. The van der Waals surface area contributed by atoms with Gasteiger partial charge in [0.05, 0.1) is 11.3 Å². The second kappa shape index (κ2) is 5.84. The summed E-state index contributed by atoms with van der Waals surface area (Å²) in [6.07, 6.45) is 0.669. The lowest BCUT2D eigenvalue weighted by molar-refractivity contribution is -0.136. The normalized spacial score (nSPS) is 28.8. The third-order valence-corrected chi connectivity index (χ3v) is 5.92. The molecule has 5 nitrogen and oxygen atoms in total. The smallest absolute Gasteiger partial charge is 0.238 e. The molecule has 1 aromatic rings. The molecule has 2 amide bonds. The van der Waals surface area contributed by atoms with E-state index < -0.39 is 5.41 Å². The highest BCUT2D eigenvalue weighted by atomic mass is 16.2. The van der Waals surface area contributed by atoms with Crippen LogP contribution in [0.3, 0.4) is 0 Å². The number of fused-ring (bicyclic) bond motifs is 2. The molecule has 1 spiro atoms. The van der Waals surface area contributed by atoms with Crippen molar-refractivity contribution in [3.8, 4) is 0 Å². The summed E-state index contributed by atoms with van der Waals surface area (Å²) in [5, 5.41) is 0. The standard InChI is InChI=1S/C20H27N3O2/c1-14(2)13-23-17-7-5-4-6-15(17)20(19(23)25)12-16(20)18(24)22-10-8-21(3)9-11-22/h4-7,14,16H,8-13H2,1-3H3/t16-,20+/m1/s1. The van der Waals surface area contributed by atoms with Gasteiger partial charge in [-0.05, 0) is 31.0 Å². The average Bonchev–Trinajstić information content (AvgIpc) is 3.31. The van der Waals surface area contributed by atoms with Crippen molar-refractivity contribution in [3.63, 3.8) is 0 Å². The predicted molar refractivity (Wildman–Crippen MR) is 97.5 cm³/mol. The molecule has 5 heteroatoms. The number of amides is 2. The highest BCUT2D eigenvalue weighted by Crippen LogP contribution is 2.62. The molecule has 2 atom stereocenters. The summed E-state index contributed by atoms with van der Waals surface area (Å²) in [5.74, 6) is 0.525. The first-order valence-electron chi connectivity index (χ1n) is 9.34. The fourth-order valence-electron chi connectivity index (χ4n) is 4.44. The summed E-state index contributed by atoms with van der Waals surface area (Å²) in [6.45, 7) is 8.33. The molecule has 2 heterocycles. The van der Waals surface area contributed by atoms with E-state index in [1.807, 2.05) is 34.1 Å². The van der Waals surface area contributed by atoms with Crippen LogP contribution in [-0.4, -0.2) is 61.4 Å². The van der Waals surface area contributed by atoms with Gasteiger partial charge in [0.25, 0.3) is 0 Å². The molecule has 134 valence electrons. The molecule has 0 radical (unpaired) electrons. The molecule has 0 bridgehead atoms. The van der Waals surface area contributed by atoms with Crippen LogP contribution in [0.4, 0.5) is 5.69 Å². The highest BCUT2D eigenvalue weighted by Gasteiger charge is 2.70. The monoisotopic (exact) mass is 341 g/mol. The zero-order valence-corrected chi connectivity index (χ0v) is 15.4. The molecule has 0 aromatic heterocycles. The summed E-state index contributed by atoms with van der Waals surface area (Å²) < 4.78 is 0. The number of carbonyl (C=O) groups excluding carboxylic acids is 2. The van der Waals surface area contributed by atoms with Crippen LogP contribution in [0, 0.1) is 11.8 Å². The van der Waals surface area contributed by atoms with Gasteiger partial charge in [0.1, 0.15) is 0 Å². The number of nitrogens with zero attached hydrogens (tertiary/aromatic N) is 3. The van der Waals surface area contributed by atoms with Crippen LogP contribution in [0.15, 0.2) is 24.3 Å². The molecule has 2 fully saturated rings. The Morgan fingerprint density at radius 2 is 1.88 bits per heavy atom. The first-order chi connectivity index (χ1) is 11.9. The summed E-state index contributed by atoms with van der Waals surface area (Å²) in [6, 6.07) is 8.05. The quantitative estimate of drug-likeness (QED) is 0.841. The summed E-state index contributed by atoms with van der Waals surface area (Å²) in [7, 11) is 2.08. The number of hydrogen-bond donors (Lipinski definition) is 0. The first kappa shape index (κ1) is 16.6. The van der Waals surface area contributed by atoms with Gasteiger partial charge in [0.15, 0.2) is 0 Å². The van der Waals surface area contributed by atoms with Crippen molar-refractivity contribution in [2.24, 2.45) is 11.8 Å². The lowest BCUT2D eigenvalue weighted by Gasteiger charge is -2.33. The van der Waals surface area contributed by atoms with Crippen LogP contribution in [0.25, 0.3) is 0 Å². The van der Waals surface area contributed by atoms with Gasteiger partial charge >= 0.3 is 0 Å². The van der Waals surface area contributed by atoms with E-state index >= 15 is 0 Å². The van der Waals surface area contributed by atoms with Gasteiger partial charge in [-0.1, -0.05) is 32.0 Å². The van der Waals surface area contributed by atoms with E-state index in [0.717, 1.165) is 37.4 Å². The maximum Gasteiger partial charge on any atom is 0.238 e. The SMILES string of the molecule is CC(C)CN1C(=O)[C@@]2(C[C@@H]2C(=O)N2CCN(C)CC2)c2ccccc21. The molecular formula is C20H27N3O2. The molecule has 4 rings (SSSR count). The fraction of sp³-hybridized carbons (Fsp3) is 0.600. The molecule has 0 N–H and O–H groups in total. The number of rotatable bonds is 3. The largest absolute Gasteiger partial charge is 0.340 e. The van der Waals surface area contributed by atoms with Gasteiger partial charge in [0, 0.05) is 38.4 Å². The van der Waals surface area contributed by atoms with Gasteiger partial charge in [-0.25, -0.2) is 0 Å². The Hall–Kier alpha value is -1.88. The van der Waals surface area contributed by atoms with Gasteiger partial charge in [0.2, 0.25) is 11.8 Å². The van der Waals surface area contributed by atoms with Crippen molar-refractivity contribution >= 4 is 17.5 Å². The van der Waals surface area contributed by atoms with E-state index in [4.69, 9.17) is 0 Å². The third kappa shape index (κ3) is 2.48. The molecule has 1 saturated heterocycles. The highest BCUT2D eigenvalue weighted by molar-refractivity contribution is 6.14. The van der Waals surface area contributed by atoms with Crippen molar-refractivity contribution in [1.82, 2.24) is 9.80 Å². The van der Waals surface area contributed by atoms with Crippen molar-refractivity contribution in [1.29, 1.82) is 0 Å². The van der Waals surface area contributed by atoms with Gasteiger partial charge in [-0.2, -0.15) is 0 Å². The van der Waals surface area contributed by atoms with Crippen molar-refractivity contribution < 1.29 is 9.59 Å². The van der Waals surface area contributed by atoms with Crippen LogP contribution >= 0.6 is 0 Å². The predicted octanol–water partition coefficient (Wildman–Crippen LogP) is 1.72. The number of carbonyl (C=O) groups is 2. The van der Waals surface area contributed by atoms with E-state index in [9.17, 15) is 9.59 Å². The Morgan fingerprint density at radius 1 is 1.20 bits per heavy atom. The lowest BCUT2D eigenvalue weighted by atomic mass is 9.94. The van der Waals surface area contributed by atoms with Crippen molar-refractivity contribution in [2.75, 3.05) is 44.7 Å². The Balaban J connectivity index is 1.60. The van der Waals surface area contributed by atoms with Crippen LogP contribution in [0.1, 0.15) is 25.8 Å². The van der Waals surface area contributed by atoms with E-state index in [0.29, 0.717) is 18.9 Å². The number of anilines is 1. The summed E-state index contributed by atoms with van der Waals surface area (Å²) in [5.41, 5.74) is 1.48. The maximum absolute atomic E-state index is 13.3. The average molecular weight is 341 g/mol. The minimum absolute atomic E-state index is 0.134. The minimum atomic E-state index is -0.591. The van der Waals surface area contributed by atoms with E-state index in [2.05, 4.69) is 25.8 Å². The zero-order chi connectivity index (χ0) is 17.8. The van der Waals surface area contributed by atoms with Crippen molar-refractivity contribution in [2.45, 2.75) is 25.7 Å². The second-order valence-corrected chi connectivity index (χ2v) is 8.18. The first-order valence-corrected chi connectivity index (χ1v) is 9.34. The number of likely N-dealkylation sites (N-methyl/N-ethyl adjacent to an activating group) is 1. The molecule has 3 aliphatic rings. The number of hydrogen-bond acceptors (Lipinski definition) is 3. The molecular weight excluding hydrogens is 314 g/mol. The lowest BCUT2D eigenvalue weighted by Crippen LogP contribution is -2.48. The van der Waals surface area contributed by atoms with Gasteiger partial charge < -0.3 is 14.7 Å². The summed E-state index contributed by atoms with van der Waals surface area (Å²) in [4.78, 5) is 32.4. The Kier molecular flexibility index (Phi) is 3.87. The van der Waals surface area contributed by atoms with Gasteiger partial charge in [-0.3, -0.25) is 9.59 Å². The van der Waals surface area contributed by atoms with Crippen LogP contribution in [0.2, 0.25) is 0 Å². The Bertz CT molecular complexity index is 709. The number of benzene rings is 1. The molecule has 0 unspecified atom stereocenters. The number of piperazine rings is 1. The van der Waals surface area contributed by atoms with Gasteiger partial charge in [-0.15, -0.1) is 0 Å². The molecule has 1 aromatic carbocycles. The van der Waals surface area contributed by atoms with Crippen LogP contribution in [-0.2, 0) is 15.0 Å². The molecule has 25 heavy (non-hydrogen) atoms. The minimum Gasteiger partial charge on any atom is -0.340 e. The molecule has 2 aliphatic heterocycles. The van der Waals surface area contributed by atoms with E-state index in [1.54, 1.807) is 0 Å².